The lowest BCUT2D eigenvalue weighted by atomic mass is 10.2. The predicted octanol–water partition coefficient (Wildman–Crippen LogP) is 3.78. The summed E-state index contributed by atoms with van der Waals surface area (Å²) in [4.78, 5) is 39.6. The van der Waals surface area contributed by atoms with Gasteiger partial charge in [0.1, 0.15) is 21.5 Å². The topological polar surface area (TPSA) is 88.2 Å². The molecule has 164 valence electrons. The van der Waals surface area contributed by atoms with Crippen LogP contribution >= 0.6 is 11.3 Å². The van der Waals surface area contributed by atoms with Crippen LogP contribution in [0.15, 0.2) is 53.3 Å². The first-order valence-corrected chi connectivity index (χ1v) is 10.8. The average molecular weight is 453 g/mol. The van der Waals surface area contributed by atoms with Crippen LogP contribution < -0.4 is 5.56 Å². The van der Waals surface area contributed by atoms with Crippen molar-refractivity contribution in [3.63, 3.8) is 0 Å². The third-order valence-electron chi connectivity index (χ3n) is 4.94. The quantitative estimate of drug-likeness (QED) is 0.461. The molecule has 0 saturated carbocycles. The van der Waals surface area contributed by atoms with Crippen LogP contribution in [-0.2, 0) is 11.3 Å². The number of fused-ring (bicyclic) bond motifs is 1. The first-order valence-electron chi connectivity index (χ1n) is 9.96. The van der Waals surface area contributed by atoms with E-state index in [-0.39, 0.29) is 23.8 Å². The fourth-order valence-corrected chi connectivity index (χ4v) is 4.34. The average Bonchev–Trinajstić information content (AvgIpc) is 3.18. The Morgan fingerprint density at radius 3 is 2.66 bits per heavy atom. The number of nitrogens with zero attached hydrogens (tertiary/aromatic N) is 3. The van der Waals surface area contributed by atoms with Gasteiger partial charge >= 0.3 is 0 Å². The van der Waals surface area contributed by atoms with Crippen molar-refractivity contribution in [3.05, 3.63) is 81.1 Å². The number of benzene rings is 2. The molecule has 1 N–H and O–H groups in total. The van der Waals surface area contributed by atoms with E-state index in [0.29, 0.717) is 45.5 Å². The van der Waals surface area contributed by atoms with Crippen molar-refractivity contribution < 1.29 is 13.9 Å². The number of hydrogen-bond acceptors (Lipinski definition) is 6. The summed E-state index contributed by atoms with van der Waals surface area (Å²) in [6, 6.07) is 13.0. The maximum absolute atomic E-state index is 13.4. The Morgan fingerprint density at radius 2 is 1.91 bits per heavy atom. The van der Waals surface area contributed by atoms with Gasteiger partial charge in [0, 0.05) is 19.2 Å². The van der Waals surface area contributed by atoms with E-state index >= 15 is 0 Å². The van der Waals surface area contributed by atoms with Gasteiger partial charge in [-0.3, -0.25) is 9.59 Å². The number of nitrogens with one attached hydrogen (secondary N) is 1. The monoisotopic (exact) mass is 452 g/mol. The maximum atomic E-state index is 13.4. The number of rotatable bonds is 7. The van der Waals surface area contributed by atoms with E-state index in [2.05, 4.69) is 15.0 Å². The molecule has 0 radical (unpaired) electrons. The van der Waals surface area contributed by atoms with Crippen LogP contribution in [0.2, 0.25) is 0 Å². The van der Waals surface area contributed by atoms with Crippen LogP contribution in [0, 0.1) is 12.7 Å². The third kappa shape index (κ3) is 4.58. The molecular weight excluding hydrogens is 431 g/mol. The highest BCUT2D eigenvalue weighted by atomic mass is 32.1. The largest absolute Gasteiger partial charge is 0.383 e. The van der Waals surface area contributed by atoms with Crippen molar-refractivity contribution in [3.8, 4) is 10.6 Å². The Morgan fingerprint density at radius 1 is 1.16 bits per heavy atom. The summed E-state index contributed by atoms with van der Waals surface area (Å²) in [6.07, 6.45) is 0. The number of aryl methyl sites for hydroxylation is 1. The van der Waals surface area contributed by atoms with Crippen LogP contribution in [0.5, 0.6) is 0 Å². The van der Waals surface area contributed by atoms with Gasteiger partial charge < -0.3 is 14.6 Å². The molecular formula is C23H21FN4O3S. The molecule has 0 saturated heterocycles. The second kappa shape index (κ2) is 9.37. The Labute approximate surface area is 187 Å². The molecule has 1 amide bonds. The maximum Gasteiger partial charge on any atom is 0.266 e. The lowest BCUT2D eigenvalue weighted by Gasteiger charge is -2.21. The van der Waals surface area contributed by atoms with Gasteiger partial charge in [-0.2, -0.15) is 0 Å². The molecule has 9 heteroatoms. The van der Waals surface area contributed by atoms with E-state index in [1.165, 1.54) is 23.5 Å². The predicted molar refractivity (Wildman–Crippen MR) is 121 cm³/mol. The zero-order valence-corrected chi connectivity index (χ0v) is 18.4. The van der Waals surface area contributed by atoms with Crippen LogP contribution in [0.1, 0.15) is 21.2 Å². The van der Waals surface area contributed by atoms with Crippen LogP contribution in [0.3, 0.4) is 0 Å². The number of thiazole rings is 1. The van der Waals surface area contributed by atoms with Crippen LogP contribution in [0.25, 0.3) is 21.5 Å². The van der Waals surface area contributed by atoms with Gasteiger partial charge in [-0.1, -0.05) is 12.1 Å². The molecule has 0 aliphatic heterocycles. The highest BCUT2D eigenvalue weighted by Crippen LogP contribution is 2.29. The van der Waals surface area contributed by atoms with E-state index in [9.17, 15) is 14.0 Å². The number of amides is 1. The molecule has 0 unspecified atom stereocenters. The third-order valence-corrected chi connectivity index (χ3v) is 6.13. The number of halogens is 1. The first-order chi connectivity index (χ1) is 15.5. The van der Waals surface area contributed by atoms with Crippen molar-refractivity contribution in [1.29, 1.82) is 0 Å². The number of ether oxygens (including phenoxy) is 1. The molecule has 0 fully saturated rings. The number of methoxy groups -OCH3 is 1. The number of H-pyrrole nitrogens is 1. The van der Waals surface area contributed by atoms with E-state index in [0.717, 1.165) is 5.56 Å². The zero-order chi connectivity index (χ0) is 22.7. The van der Waals surface area contributed by atoms with Gasteiger partial charge in [-0.05, 0) is 43.3 Å². The zero-order valence-electron chi connectivity index (χ0n) is 17.6. The highest BCUT2D eigenvalue weighted by molar-refractivity contribution is 7.17. The van der Waals surface area contributed by atoms with E-state index in [1.54, 1.807) is 49.3 Å². The number of hydrogen-bond donors (Lipinski definition) is 1. The van der Waals surface area contributed by atoms with Crippen molar-refractivity contribution in [2.45, 2.75) is 13.5 Å². The molecule has 0 bridgehead atoms. The summed E-state index contributed by atoms with van der Waals surface area (Å²) < 4.78 is 18.4. The number of carbonyl (C=O) groups is 1. The lowest BCUT2D eigenvalue weighted by molar-refractivity contribution is 0.0679. The second-order valence-corrected chi connectivity index (χ2v) is 8.19. The molecule has 2 aromatic heterocycles. The lowest BCUT2D eigenvalue weighted by Crippen LogP contribution is -2.34. The minimum Gasteiger partial charge on any atom is -0.383 e. The number of carbonyl (C=O) groups excluding carboxylic acids is 1. The summed E-state index contributed by atoms with van der Waals surface area (Å²) in [7, 11) is 1.56. The standard InChI is InChI=1S/C23H21FN4O3S/c1-14-20(32-22(25-14)15-7-9-16(24)10-8-15)23(30)28(11-12-31-2)13-19-26-18-6-4-3-5-17(18)21(29)27-19/h3-10H,11-13H2,1-2H3,(H,26,27,29). The Balaban J connectivity index is 1.64. The highest BCUT2D eigenvalue weighted by Gasteiger charge is 2.23. The smallest absolute Gasteiger partial charge is 0.266 e. The van der Waals surface area contributed by atoms with Crippen molar-refractivity contribution in [1.82, 2.24) is 19.9 Å². The van der Waals surface area contributed by atoms with Gasteiger partial charge in [-0.25, -0.2) is 14.4 Å². The number of para-hydroxylation sites is 1. The van der Waals surface area contributed by atoms with E-state index in [4.69, 9.17) is 4.74 Å². The van der Waals surface area contributed by atoms with Crippen molar-refractivity contribution >= 4 is 28.1 Å². The minimum absolute atomic E-state index is 0.117. The summed E-state index contributed by atoms with van der Waals surface area (Å²) in [5, 5.41) is 1.13. The van der Waals surface area contributed by atoms with Gasteiger partial charge in [-0.15, -0.1) is 11.3 Å². The fourth-order valence-electron chi connectivity index (χ4n) is 3.30. The van der Waals surface area contributed by atoms with E-state index in [1.807, 2.05) is 6.07 Å². The molecule has 32 heavy (non-hydrogen) atoms. The summed E-state index contributed by atoms with van der Waals surface area (Å²) in [6.45, 7) is 2.52. The summed E-state index contributed by atoms with van der Waals surface area (Å²) in [5.74, 6) is -0.179. The van der Waals surface area contributed by atoms with Gasteiger partial charge in [0.15, 0.2) is 0 Å². The minimum atomic E-state index is -0.332. The van der Waals surface area contributed by atoms with Gasteiger partial charge in [0.25, 0.3) is 11.5 Å². The summed E-state index contributed by atoms with van der Waals surface area (Å²) >= 11 is 1.25. The molecule has 0 aliphatic rings. The molecule has 7 nitrogen and oxygen atoms in total. The summed E-state index contributed by atoms with van der Waals surface area (Å²) in [5.41, 5.74) is 1.64. The fraction of sp³-hybridized carbons (Fsp3) is 0.217. The Kier molecular flexibility index (Phi) is 6.38. The van der Waals surface area contributed by atoms with Crippen LogP contribution in [-0.4, -0.2) is 46.0 Å². The molecule has 2 heterocycles. The SMILES string of the molecule is COCCN(Cc1nc2ccccc2c(=O)[nH]1)C(=O)c1sc(-c2ccc(F)cc2)nc1C. The Bertz CT molecular complexity index is 1320. The molecule has 0 aliphatic carbocycles. The first kappa shape index (κ1) is 21.8. The van der Waals surface area contributed by atoms with Crippen molar-refractivity contribution in [2.24, 2.45) is 0 Å². The second-order valence-electron chi connectivity index (χ2n) is 7.19. The number of aromatic nitrogens is 3. The van der Waals surface area contributed by atoms with Gasteiger partial charge in [0.2, 0.25) is 0 Å². The van der Waals surface area contributed by atoms with Crippen molar-refractivity contribution in [2.75, 3.05) is 20.3 Å². The van der Waals surface area contributed by atoms with Crippen LogP contribution in [0.4, 0.5) is 4.39 Å². The number of aromatic amines is 1. The molecule has 2 aromatic carbocycles. The molecule has 0 spiro atoms. The Hall–Kier alpha value is -3.43. The van der Waals surface area contributed by atoms with E-state index < -0.39 is 0 Å². The normalized spacial score (nSPS) is 11.1. The molecule has 4 aromatic rings. The molecule has 0 atom stereocenters. The molecule has 4 rings (SSSR count). The van der Waals surface area contributed by atoms with Gasteiger partial charge in [0.05, 0.1) is 29.7 Å².